The fourth-order valence-electron chi connectivity index (χ4n) is 3.69. The van der Waals surface area contributed by atoms with Crippen molar-refractivity contribution in [2.75, 3.05) is 19.8 Å². The van der Waals surface area contributed by atoms with Crippen LogP contribution in [0.3, 0.4) is 0 Å². The van der Waals surface area contributed by atoms with E-state index in [1.54, 1.807) is 0 Å². The predicted molar refractivity (Wildman–Crippen MR) is 81.3 cm³/mol. The Bertz CT molecular complexity index is 525. The highest BCUT2D eigenvalue weighted by Crippen LogP contribution is 2.40. The molecule has 0 saturated carbocycles. The van der Waals surface area contributed by atoms with Gasteiger partial charge in [0, 0.05) is 25.2 Å². The van der Waals surface area contributed by atoms with Crippen molar-refractivity contribution in [2.45, 2.75) is 18.5 Å². The third-order valence-corrected chi connectivity index (χ3v) is 4.68. The highest BCUT2D eigenvalue weighted by molar-refractivity contribution is 5.25. The van der Waals surface area contributed by atoms with E-state index in [0.29, 0.717) is 12.1 Å². The second kappa shape index (κ2) is 5.04. The van der Waals surface area contributed by atoms with Crippen LogP contribution < -0.4 is 0 Å². The number of benzene rings is 2. The van der Waals surface area contributed by atoms with Gasteiger partial charge in [0.05, 0.1) is 6.67 Å². The van der Waals surface area contributed by atoms with Gasteiger partial charge in [-0.2, -0.15) is 0 Å². The van der Waals surface area contributed by atoms with E-state index in [9.17, 15) is 0 Å². The number of hydrogen-bond donors (Lipinski definition) is 0. The molecule has 0 aromatic heterocycles. The highest BCUT2D eigenvalue weighted by atomic mass is 15.4. The van der Waals surface area contributed by atoms with Gasteiger partial charge in [-0.05, 0) is 17.5 Å². The van der Waals surface area contributed by atoms with Gasteiger partial charge < -0.3 is 0 Å². The molecule has 2 bridgehead atoms. The molecule has 2 aromatic carbocycles. The lowest BCUT2D eigenvalue weighted by Gasteiger charge is -2.36. The monoisotopic (exact) mass is 264 g/mol. The molecule has 2 nitrogen and oxygen atoms in total. The van der Waals surface area contributed by atoms with E-state index in [2.05, 4.69) is 70.5 Å². The molecule has 4 atom stereocenters. The summed E-state index contributed by atoms with van der Waals surface area (Å²) in [6.45, 7) is 3.51. The molecule has 2 aromatic rings. The van der Waals surface area contributed by atoms with E-state index in [1.807, 2.05) is 0 Å². The molecule has 0 amide bonds. The summed E-state index contributed by atoms with van der Waals surface area (Å²) in [5.41, 5.74) is 2.92. The smallest absolute Gasteiger partial charge is 0.0519 e. The Morgan fingerprint density at radius 3 is 2.00 bits per heavy atom. The Kier molecular flexibility index (Phi) is 3.06. The quantitative estimate of drug-likeness (QED) is 0.819. The molecular formula is C18H20N2. The van der Waals surface area contributed by atoms with Crippen molar-refractivity contribution in [3.05, 3.63) is 71.8 Å². The third-order valence-electron chi connectivity index (χ3n) is 4.68. The minimum absolute atomic E-state index is 0.545. The van der Waals surface area contributed by atoms with Crippen LogP contribution in [0.1, 0.15) is 29.6 Å². The van der Waals surface area contributed by atoms with Crippen molar-refractivity contribution in [3.8, 4) is 0 Å². The summed E-state index contributed by atoms with van der Waals surface area (Å²) in [4.78, 5) is 5.26. The lowest BCUT2D eigenvalue weighted by molar-refractivity contribution is 0.107. The molecule has 2 heteroatoms. The van der Waals surface area contributed by atoms with Crippen molar-refractivity contribution in [1.82, 2.24) is 9.80 Å². The lowest BCUT2D eigenvalue weighted by atomic mass is 9.99. The van der Waals surface area contributed by atoms with Gasteiger partial charge >= 0.3 is 0 Å². The molecule has 2 aliphatic heterocycles. The SMILES string of the molecule is c1ccc([C@H]2CN3CC[C@@H](c4ccccc4)N2C3)cc1. The summed E-state index contributed by atoms with van der Waals surface area (Å²) in [5, 5.41) is 0. The largest absolute Gasteiger partial charge is 0.288 e. The molecule has 0 aliphatic carbocycles. The van der Waals surface area contributed by atoms with E-state index in [0.717, 1.165) is 6.67 Å². The highest BCUT2D eigenvalue weighted by Gasteiger charge is 2.40. The zero-order chi connectivity index (χ0) is 13.4. The van der Waals surface area contributed by atoms with Gasteiger partial charge in [0.1, 0.15) is 0 Å². The van der Waals surface area contributed by atoms with Crippen LogP contribution in [0.4, 0.5) is 0 Å². The van der Waals surface area contributed by atoms with Crippen LogP contribution in [0.15, 0.2) is 60.7 Å². The van der Waals surface area contributed by atoms with Crippen LogP contribution in [0.2, 0.25) is 0 Å². The van der Waals surface area contributed by atoms with Crippen molar-refractivity contribution >= 4 is 0 Å². The zero-order valence-corrected chi connectivity index (χ0v) is 11.7. The van der Waals surface area contributed by atoms with E-state index in [4.69, 9.17) is 0 Å². The maximum Gasteiger partial charge on any atom is 0.0519 e. The molecule has 20 heavy (non-hydrogen) atoms. The Hall–Kier alpha value is -1.64. The van der Waals surface area contributed by atoms with Crippen molar-refractivity contribution in [1.29, 1.82) is 0 Å². The topological polar surface area (TPSA) is 6.48 Å². The average molecular weight is 264 g/mol. The summed E-state index contributed by atoms with van der Waals surface area (Å²) in [5.74, 6) is 0. The fraction of sp³-hybridized carbons (Fsp3) is 0.333. The van der Waals surface area contributed by atoms with E-state index in [-0.39, 0.29) is 0 Å². The number of nitrogens with zero attached hydrogens (tertiary/aromatic N) is 2. The molecule has 2 fully saturated rings. The van der Waals surface area contributed by atoms with Crippen LogP contribution in [0.5, 0.6) is 0 Å². The van der Waals surface area contributed by atoms with Crippen LogP contribution in [0.25, 0.3) is 0 Å². The maximum absolute atomic E-state index is 2.67. The van der Waals surface area contributed by atoms with Crippen LogP contribution in [-0.4, -0.2) is 29.6 Å². The second-order valence-corrected chi connectivity index (χ2v) is 5.87. The Morgan fingerprint density at radius 2 is 1.35 bits per heavy atom. The molecule has 2 saturated heterocycles. The summed E-state index contributed by atoms with van der Waals surface area (Å²) in [6, 6.07) is 23.1. The molecule has 0 radical (unpaired) electrons. The first-order valence-corrected chi connectivity index (χ1v) is 7.50. The van der Waals surface area contributed by atoms with Gasteiger partial charge in [0.25, 0.3) is 0 Å². The Labute approximate surface area is 120 Å². The molecule has 102 valence electrons. The van der Waals surface area contributed by atoms with E-state index >= 15 is 0 Å². The van der Waals surface area contributed by atoms with Gasteiger partial charge in [-0.1, -0.05) is 60.7 Å². The van der Waals surface area contributed by atoms with Gasteiger partial charge in [-0.25, -0.2) is 0 Å². The minimum Gasteiger partial charge on any atom is -0.288 e. The molecular weight excluding hydrogens is 244 g/mol. The molecule has 4 rings (SSSR count). The van der Waals surface area contributed by atoms with Crippen LogP contribution in [0, 0.1) is 0 Å². The van der Waals surface area contributed by atoms with Gasteiger partial charge in [0.15, 0.2) is 0 Å². The van der Waals surface area contributed by atoms with E-state index < -0.39 is 0 Å². The third kappa shape index (κ3) is 2.05. The first-order valence-electron chi connectivity index (χ1n) is 7.50. The van der Waals surface area contributed by atoms with Crippen LogP contribution in [-0.2, 0) is 0 Å². The predicted octanol–water partition coefficient (Wildman–Crippen LogP) is 3.45. The second-order valence-electron chi connectivity index (χ2n) is 5.87. The van der Waals surface area contributed by atoms with E-state index in [1.165, 1.54) is 30.6 Å². The van der Waals surface area contributed by atoms with Crippen molar-refractivity contribution in [2.24, 2.45) is 0 Å². The van der Waals surface area contributed by atoms with Gasteiger partial charge in [-0.15, -0.1) is 0 Å². The van der Waals surface area contributed by atoms with Gasteiger partial charge in [-0.3, -0.25) is 9.80 Å². The molecule has 0 spiro atoms. The normalized spacial score (nSPS) is 32.2. The molecule has 0 N–H and O–H groups in total. The number of rotatable bonds is 2. The van der Waals surface area contributed by atoms with Crippen molar-refractivity contribution in [3.63, 3.8) is 0 Å². The van der Waals surface area contributed by atoms with Crippen LogP contribution >= 0.6 is 0 Å². The number of fused-ring (bicyclic) bond motifs is 2. The first-order chi connectivity index (χ1) is 9.92. The summed E-state index contributed by atoms with van der Waals surface area (Å²) >= 11 is 0. The Morgan fingerprint density at radius 1 is 0.750 bits per heavy atom. The average Bonchev–Trinajstić information content (AvgIpc) is 2.86. The summed E-state index contributed by atoms with van der Waals surface area (Å²) in [7, 11) is 0. The summed E-state index contributed by atoms with van der Waals surface area (Å²) in [6.07, 6.45) is 1.24. The lowest BCUT2D eigenvalue weighted by Crippen LogP contribution is -2.37. The summed E-state index contributed by atoms with van der Waals surface area (Å²) < 4.78 is 0. The standard InChI is InChI=1S/C18H20N2/c1-3-7-15(8-4-1)17-11-12-19-13-18(20(17)14-19)16-9-5-2-6-10-16/h1-10,17-18H,11-14H2/t17-,18+/m0/s1. The minimum atomic E-state index is 0.545. The molecule has 2 aliphatic rings. The Balaban J connectivity index is 1.67. The zero-order valence-electron chi connectivity index (χ0n) is 11.7. The molecule has 2 heterocycles. The maximum atomic E-state index is 2.67. The van der Waals surface area contributed by atoms with Gasteiger partial charge in [0.2, 0.25) is 0 Å². The van der Waals surface area contributed by atoms with Crippen molar-refractivity contribution < 1.29 is 0 Å². The number of hydrogen-bond acceptors (Lipinski definition) is 2. The molecule has 2 unspecified atom stereocenters. The fourth-order valence-corrected chi connectivity index (χ4v) is 3.69. The first kappa shape index (κ1) is 12.1.